The monoisotopic (exact) mass is 452 g/mol. The van der Waals surface area contributed by atoms with Crippen molar-refractivity contribution in [1.29, 1.82) is 0 Å². The molecule has 33 heavy (non-hydrogen) atoms. The van der Waals surface area contributed by atoms with Gasteiger partial charge in [0.15, 0.2) is 0 Å². The fourth-order valence-corrected chi connectivity index (χ4v) is 5.40. The summed E-state index contributed by atoms with van der Waals surface area (Å²) in [4.78, 5) is 23.7. The fraction of sp³-hybridized carbons (Fsp3) is 0.500. The first kappa shape index (κ1) is 20.5. The first-order valence-electron chi connectivity index (χ1n) is 11.6. The number of piperidine rings is 1. The highest BCUT2D eigenvalue weighted by atomic mass is 19.3. The summed E-state index contributed by atoms with van der Waals surface area (Å²) in [6.45, 7) is 4.74. The number of hydrogen-bond donors (Lipinski definition) is 1. The van der Waals surface area contributed by atoms with E-state index in [1.807, 2.05) is 6.07 Å². The van der Waals surface area contributed by atoms with E-state index in [1.54, 1.807) is 12.3 Å². The molecule has 2 saturated carbocycles. The quantitative estimate of drug-likeness (QED) is 0.729. The Hall–Kier alpha value is -3.10. The van der Waals surface area contributed by atoms with Crippen LogP contribution >= 0.6 is 0 Å². The van der Waals surface area contributed by atoms with Gasteiger partial charge in [-0.15, -0.1) is 0 Å². The van der Waals surface area contributed by atoms with E-state index in [0.717, 1.165) is 31.6 Å². The summed E-state index contributed by atoms with van der Waals surface area (Å²) >= 11 is 0. The molecule has 1 N–H and O–H groups in total. The molecule has 2 aromatic rings. The van der Waals surface area contributed by atoms with Gasteiger partial charge in [0.2, 0.25) is 0 Å². The van der Waals surface area contributed by atoms with Crippen molar-refractivity contribution < 1.29 is 13.6 Å². The van der Waals surface area contributed by atoms with Crippen LogP contribution in [0.15, 0.2) is 40.7 Å². The van der Waals surface area contributed by atoms with Crippen LogP contribution in [0.4, 0.5) is 14.6 Å². The maximum Gasteiger partial charge on any atom is 0.280 e. The molecule has 4 heterocycles. The summed E-state index contributed by atoms with van der Waals surface area (Å²) in [6.07, 6.45) is 3.43. The van der Waals surface area contributed by atoms with Crippen LogP contribution < -0.4 is 10.2 Å². The third-order valence-electron chi connectivity index (χ3n) is 7.36. The predicted octanol–water partition coefficient (Wildman–Crippen LogP) is 3.38. The van der Waals surface area contributed by atoms with Crippen LogP contribution in [0.1, 0.15) is 54.2 Å². The number of fused-ring (bicyclic) bond motifs is 2. The number of rotatable bonds is 6. The molecule has 1 amide bonds. The van der Waals surface area contributed by atoms with E-state index in [9.17, 15) is 13.6 Å². The van der Waals surface area contributed by atoms with Crippen LogP contribution in [0, 0.1) is 11.8 Å². The Balaban J connectivity index is 1.15. The number of nitrogens with zero attached hydrogens (tertiary/aromatic N) is 5. The van der Waals surface area contributed by atoms with Crippen molar-refractivity contribution in [3.05, 3.63) is 52.5 Å². The van der Waals surface area contributed by atoms with Crippen LogP contribution in [0.25, 0.3) is 0 Å². The lowest BCUT2D eigenvalue weighted by Crippen LogP contribution is -2.37. The smallest absolute Gasteiger partial charge is 0.280 e. The Bertz CT molecular complexity index is 1180. The van der Waals surface area contributed by atoms with Gasteiger partial charge in [0.05, 0.1) is 36.6 Å². The third kappa shape index (κ3) is 3.73. The van der Waals surface area contributed by atoms with Crippen molar-refractivity contribution in [2.45, 2.75) is 45.2 Å². The topological polar surface area (TPSA) is 75.4 Å². The van der Waals surface area contributed by atoms with Gasteiger partial charge >= 0.3 is 0 Å². The van der Waals surface area contributed by atoms with Gasteiger partial charge < -0.3 is 10.2 Å². The highest BCUT2D eigenvalue weighted by molar-refractivity contribution is 6.10. The number of aliphatic imine (C=N–C) groups is 1. The Morgan fingerprint density at radius 1 is 1.27 bits per heavy atom. The molecular formula is C24H26F2N6O. The van der Waals surface area contributed by atoms with Crippen molar-refractivity contribution in [2.75, 3.05) is 24.5 Å². The van der Waals surface area contributed by atoms with E-state index < -0.39 is 6.43 Å². The molecule has 2 unspecified atom stereocenters. The maximum absolute atomic E-state index is 13.8. The van der Waals surface area contributed by atoms with Gasteiger partial charge in [0.25, 0.3) is 12.3 Å². The SMILES string of the molecule is CC1=C2CC[C@@H](NC(=O)c3cnn(Cc4ccc(N5CC6CC6C5)nc4C(F)F)c3)C2=NC1. The Morgan fingerprint density at radius 2 is 2.09 bits per heavy atom. The van der Waals surface area contributed by atoms with Crippen LogP contribution in [-0.4, -0.2) is 52.1 Å². The largest absolute Gasteiger partial charge is 0.356 e. The average molecular weight is 453 g/mol. The number of carbonyl (C=O) groups excluding carboxylic acids is 1. The second kappa shape index (κ2) is 7.74. The van der Waals surface area contributed by atoms with Gasteiger partial charge in [-0.1, -0.05) is 6.07 Å². The van der Waals surface area contributed by atoms with Crippen LogP contribution in [0.3, 0.4) is 0 Å². The van der Waals surface area contributed by atoms with Crippen molar-refractivity contribution >= 4 is 17.4 Å². The molecule has 1 saturated heterocycles. The average Bonchev–Trinajstić information content (AvgIpc) is 3.27. The normalized spacial score (nSPS) is 25.5. The molecule has 2 aromatic heterocycles. The van der Waals surface area contributed by atoms with Gasteiger partial charge in [0.1, 0.15) is 11.5 Å². The van der Waals surface area contributed by atoms with E-state index in [-0.39, 0.29) is 24.2 Å². The summed E-state index contributed by atoms with van der Waals surface area (Å²) in [7, 11) is 0. The number of carbonyl (C=O) groups is 1. The summed E-state index contributed by atoms with van der Waals surface area (Å²) in [6, 6.07) is 3.45. The van der Waals surface area contributed by atoms with Crippen LogP contribution in [-0.2, 0) is 6.54 Å². The number of anilines is 1. The number of nitrogens with one attached hydrogen (secondary N) is 1. The minimum Gasteiger partial charge on any atom is -0.356 e. The number of amides is 1. The molecule has 3 fully saturated rings. The van der Waals surface area contributed by atoms with E-state index in [2.05, 4.69) is 32.2 Å². The summed E-state index contributed by atoms with van der Waals surface area (Å²) in [5, 5.41) is 7.28. The lowest BCUT2D eigenvalue weighted by Gasteiger charge is -2.20. The van der Waals surface area contributed by atoms with E-state index in [0.29, 0.717) is 35.3 Å². The van der Waals surface area contributed by atoms with Gasteiger partial charge in [-0.25, -0.2) is 13.8 Å². The molecule has 6 rings (SSSR count). The first-order valence-corrected chi connectivity index (χ1v) is 11.6. The molecule has 2 aliphatic carbocycles. The Morgan fingerprint density at radius 3 is 2.88 bits per heavy atom. The zero-order valence-corrected chi connectivity index (χ0v) is 18.5. The third-order valence-corrected chi connectivity index (χ3v) is 7.36. The fourth-order valence-electron chi connectivity index (χ4n) is 5.40. The molecule has 0 spiro atoms. The Kier molecular flexibility index (Phi) is 4.81. The number of aromatic nitrogens is 3. The predicted molar refractivity (Wildman–Crippen MR) is 120 cm³/mol. The lowest BCUT2D eigenvalue weighted by atomic mass is 10.1. The number of pyridine rings is 1. The van der Waals surface area contributed by atoms with Crippen molar-refractivity contribution in [3.8, 4) is 0 Å². The molecule has 2 aliphatic heterocycles. The number of hydrogen-bond acceptors (Lipinski definition) is 5. The van der Waals surface area contributed by atoms with Gasteiger partial charge in [-0.3, -0.25) is 14.5 Å². The van der Waals surface area contributed by atoms with E-state index >= 15 is 0 Å². The second-order valence-electron chi connectivity index (χ2n) is 9.63. The van der Waals surface area contributed by atoms with Gasteiger partial charge in [0, 0.05) is 24.8 Å². The molecule has 0 bridgehead atoms. The second-order valence-corrected chi connectivity index (χ2v) is 9.63. The minimum absolute atomic E-state index is 0.0768. The first-order chi connectivity index (χ1) is 16.0. The summed E-state index contributed by atoms with van der Waals surface area (Å²) in [5.74, 6) is 1.80. The molecular weight excluding hydrogens is 426 g/mol. The number of alkyl halides is 2. The zero-order chi connectivity index (χ0) is 22.7. The van der Waals surface area contributed by atoms with Gasteiger partial charge in [-0.2, -0.15) is 5.10 Å². The summed E-state index contributed by atoms with van der Waals surface area (Å²) in [5.41, 5.74) is 4.16. The molecule has 0 aromatic carbocycles. The van der Waals surface area contributed by atoms with Crippen molar-refractivity contribution in [2.24, 2.45) is 16.8 Å². The maximum atomic E-state index is 13.8. The summed E-state index contributed by atoms with van der Waals surface area (Å²) < 4.78 is 29.1. The standard InChI is InChI=1S/C24H26F2N6O/c1-13-7-27-22-18(13)3-4-19(22)29-24(33)17-8-28-32(12-17)11-14-2-5-20(30-21(14)23(25)26)31-9-15-6-16(15)10-31/h2,5,8,12,15-16,19,23H,3-4,6-7,9-11H2,1H3,(H,29,33)/t15?,16?,19-/m1/s1. The molecule has 172 valence electrons. The Labute approximate surface area is 190 Å². The molecule has 3 atom stereocenters. The highest BCUT2D eigenvalue weighted by Crippen LogP contribution is 2.46. The van der Waals surface area contributed by atoms with Crippen LogP contribution in [0.2, 0.25) is 0 Å². The van der Waals surface area contributed by atoms with Crippen molar-refractivity contribution in [3.63, 3.8) is 0 Å². The molecule has 7 nitrogen and oxygen atoms in total. The van der Waals surface area contributed by atoms with Crippen LogP contribution in [0.5, 0.6) is 0 Å². The lowest BCUT2D eigenvalue weighted by molar-refractivity contribution is 0.0946. The number of halogens is 2. The zero-order valence-electron chi connectivity index (χ0n) is 18.5. The molecule has 0 radical (unpaired) electrons. The highest BCUT2D eigenvalue weighted by Gasteiger charge is 2.45. The van der Waals surface area contributed by atoms with Crippen molar-refractivity contribution in [1.82, 2.24) is 20.1 Å². The van der Waals surface area contributed by atoms with E-state index in [1.165, 1.54) is 28.4 Å². The molecule has 9 heteroatoms. The van der Waals surface area contributed by atoms with E-state index in [4.69, 9.17) is 0 Å². The van der Waals surface area contributed by atoms with Gasteiger partial charge in [-0.05, 0) is 55.2 Å². The minimum atomic E-state index is -2.67. The molecule has 4 aliphatic rings.